The number of carboxylic acids is 1. The lowest BCUT2D eigenvalue weighted by Gasteiger charge is -2.18. The maximum atomic E-state index is 13.4. The van der Waals surface area contributed by atoms with E-state index in [2.05, 4.69) is 15.1 Å². The van der Waals surface area contributed by atoms with Gasteiger partial charge in [-0.05, 0) is 63.4 Å². The van der Waals surface area contributed by atoms with E-state index in [1.165, 1.54) is 22.9 Å². The minimum Gasteiger partial charge on any atom is -0.476 e. The molecule has 0 unspecified atom stereocenters. The molecule has 1 amide bonds. The van der Waals surface area contributed by atoms with Crippen LogP contribution in [-0.4, -0.2) is 41.2 Å². The molecule has 0 saturated heterocycles. The quantitative estimate of drug-likeness (QED) is 0.308. The molecule has 10 nitrogen and oxygen atoms in total. The zero-order valence-corrected chi connectivity index (χ0v) is 23.2. The van der Waals surface area contributed by atoms with E-state index >= 15 is 0 Å². The summed E-state index contributed by atoms with van der Waals surface area (Å²) in [5, 5.41) is 16.6. The second-order valence-electron chi connectivity index (χ2n) is 9.67. The summed E-state index contributed by atoms with van der Waals surface area (Å²) in [7, 11) is -4.08. The molecule has 38 heavy (non-hydrogen) atoms. The number of carboxylic acid groups (broad SMARTS) is 1. The molecule has 0 aliphatic rings. The molecule has 0 radical (unpaired) electrons. The third-order valence-electron chi connectivity index (χ3n) is 5.84. The van der Waals surface area contributed by atoms with Gasteiger partial charge in [-0.15, -0.1) is 0 Å². The van der Waals surface area contributed by atoms with Gasteiger partial charge < -0.3 is 15.2 Å². The second kappa shape index (κ2) is 11.8. The lowest BCUT2D eigenvalue weighted by molar-refractivity contribution is -0.116. The highest BCUT2D eigenvalue weighted by Crippen LogP contribution is 2.35. The first-order valence-electron chi connectivity index (χ1n) is 12.4. The topological polar surface area (TPSA) is 140 Å². The Morgan fingerprint density at radius 3 is 2.32 bits per heavy atom. The van der Waals surface area contributed by atoms with Crippen LogP contribution in [0.5, 0.6) is 11.6 Å². The third kappa shape index (κ3) is 6.78. The van der Waals surface area contributed by atoms with Crippen molar-refractivity contribution in [2.75, 3.05) is 5.32 Å². The molecule has 11 heteroatoms. The molecule has 0 aliphatic heterocycles. The van der Waals surface area contributed by atoms with Gasteiger partial charge in [-0.3, -0.25) is 4.79 Å². The summed E-state index contributed by atoms with van der Waals surface area (Å²) in [4.78, 5) is 24.0. The van der Waals surface area contributed by atoms with Crippen molar-refractivity contribution >= 4 is 27.6 Å². The average molecular weight is 543 g/mol. The number of ether oxygens (including phenoxy) is 1. The first kappa shape index (κ1) is 28.9. The number of aromatic carboxylic acids is 1. The van der Waals surface area contributed by atoms with Gasteiger partial charge in [-0.1, -0.05) is 38.5 Å². The normalized spacial score (nSPS) is 12.4. The molecule has 204 valence electrons. The molecule has 0 aliphatic carbocycles. The Morgan fingerprint density at radius 1 is 1.08 bits per heavy atom. The van der Waals surface area contributed by atoms with Gasteiger partial charge in [0, 0.05) is 23.7 Å². The first-order chi connectivity index (χ1) is 17.8. The van der Waals surface area contributed by atoms with Crippen LogP contribution in [0.3, 0.4) is 0 Å². The standard InChI is InChI=1S/C27H34N4O6S/c1-7-18(5)30-38(35,36)23-15-20(28-24(32)14-16(2)3)10-13-22(23)37-26-19(6)25(27(33)34)29-31(26)21-11-8-17(4)9-12-21/h8-13,15-16,18,30H,7,14H2,1-6H3,(H,28,32)(H,33,34)/t18-/m1/s1. The van der Waals surface area contributed by atoms with Gasteiger partial charge in [0.25, 0.3) is 0 Å². The van der Waals surface area contributed by atoms with Gasteiger partial charge in [0.05, 0.1) is 5.69 Å². The molecule has 1 atom stereocenters. The number of nitrogens with one attached hydrogen (secondary N) is 2. The fourth-order valence-corrected chi connectivity index (χ4v) is 5.12. The highest BCUT2D eigenvalue weighted by Gasteiger charge is 2.27. The van der Waals surface area contributed by atoms with Gasteiger partial charge in [0.15, 0.2) is 5.69 Å². The summed E-state index contributed by atoms with van der Waals surface area (Å²) in [6.45, 7) is 10.9. The largest absolute Gasteiger partial charge is 0.476 e. The summed E-state index contributed by atoms with van der Waals surface area (Å²) in [6, 6.07) is 11.2. The van der Waals surface area contributed by atoms with Gasteiger partial charge in [0.1, 0.15) is 10.6 Å². The number of benzene rings is 2. The first-order valence-corrected chi connectivity index (χ1v) is 13.8. The van der Waals surface area contributed by atoms with Crippen LogP contribution in [0, 0.1) is 19.8 Å². The number of rotatable bonds is 11. The van der Waals surface area contributed by atoms with E-state index in [0.29, 0.717) is 17.8 Å². The Hall–Kier alpha value is -3.70. The number of nitrogens with zero attached hydrogens (tertiary/aromatic N) is 2. The van der Waals surface area contributed by atoms with Crippen molar-refractivity contribution in [3.63, 3.8) is 0 Å². The molecule has 1 aromatic heterocycles. The summed E-state index contributed by atoms with van der Waals surface area (Å²) in [6.07, 6.45) is 0.833. The Balaban J connectivity index is 2.14. The van der Waals surface area contributed by atoms with E-state index in [-0.39, 0.29) is 52.1 Å². The van der Waals surface area contributed by atoms with Crippen LogP contribution in [0.2, 0.25) is 0 Å². The van der Waals surface area contributed by atoms with E-state index in [0.717, 1.165) is 5.56 Å². The van der Waals surface area contributed by atoms with E-state index in [1.807, 2.05) is 39.8 Å². The lowest BCUT2D eigenvalue weighted by Crippen LogP contribution is -2.32. The molecule has 3 N–H and O–H groups in total. The SMILES string of the molecule is CC[C@@H](C)NS(=O)(=O)c1cc(NC(=O)CC(C)C)ccc1Oc1c(C)c(C(=O)O)nn1-c1ccc(C)cc1. The average Bonchev–Trinajstić information content (AvgIpc) is 3.15. The highest BCUT2D eigenvalue weighted by atomic mass is 32.2. The van der Waals surface area contributed by atoms with Crippen LogP contribution in [0.1, 0.15) is 62.2 Å². The van der Waals surface area contributed by atoms with Gasteiger partial charge in [-0.25, -0.2) is 17.9 Å². The number of hydrogen-bond acceptors (Lipinski definition) is 6. The maximum absolute atomic E-state index is 13.4. The molecule has 3 rings (SSSR count). The fourth-order valence-electron chi connectivity index (χ4n) is 3.64. The zero-order chi connectivity index (χ0) is 28.2. The Morgan fingerprint density at radius 2 is 1.74 bits per heavy atom. The molecule has 0 bridgehead atoms. The van der Waals surface area contributed by atoms with Crippen LogP contribution in [0.4, 0.5) is 5.69 Å². The van der Waals surface area contributed by atoms with Crippen molar-refractivity contribution in [2.45, 2.75) is 65.3 Å². The van der Waals surface area contributed by atoms with E-state index < -0.39 is 16.0 Å². The summed E-state index contributed by atoms with van der Waals surface area (Å²) in [5.41, 5.74) is 1.84. The molecular weight excluding hydrogens is 508 g/mol. The monoisotopic (exact) mass is 542 g/mol. The molecule has 1 heterocycles. The number of amides is 1. The van der Waals surface area contributed by atoms with Crippen molar-refractivity contribution in [3.05, 3.63) is 59.3 Å². The second-order valence-corrected chi connectivity index (χ2v) is 11.4. The number of aromatic nitrogens is 2. The van der Waals surface area contributed by atoms with Crippen molar-refractivity contribution in [3.8, 4) is 17.3 Å². The molecule has 2 aromatic carbocycles. The molecule has 0 spiro atoms. The van der Waals surface area contributed by atoms with Crippen LogP contribution in [0.15, 0.2) is 47.4 Å². The number of anilines is 1. The smallest absolute Gasteiger partial charge is 0.356 e. The van der Waals surface area contributed by atoms with Gasteiger partial charge >= 0.3 is 5.97 Å². The fraction of sp³-hybridized carbons (Fsp3) is 0.370. The maximum Gasteiger partial charge on any atom is 0.356 e. The molecular formula is C27H34N4O6S. The number of hydrogen-bond donors (Lipinski definition) is 3. The number of aryl methyl sites for hydroxylation is 1. The predicted octanol–water partition coefficient (Wildman–Crippen LogP) is 5.04. The molecule has 3 aromatic rings. The summed E-state index contributed by atoms with van der Waals surface area (Å²) in [5.74, 6) is -1.35. The number of sulfonamides is 1. The van der Waals surface area contributed by atoms with E-state index in [1.54, 1.807) is 26.0 Å². The van der Waals surface area contributed by atoms with Crippen LogP contribution in [-0.2, 0) is 14.8 Å². The summed E-state index contributed by atoms with van der Waals surface area (Å²) < 4.78 is 36.9. The minimum atomic E-state index is -4.08. The Bertz CT molecular complexity index is 1430. The Kier molecular flexibility index (Phi) is 8.95. The lowest BCUT2D eigenvalue weighted by atomic mass is 10.1. The van der Waals surface area contributed by atoms with Crippen molar-refractivity contribution < 1.29 is 27.9 Å². The molecule has 0 saturated carbocycles. The van der Waals surface area contributed by atoms with E-state index in [4.69, 9.17) is 4.74 Å². The number of carbonyl (C=O) groups excluding carboxylic acids is 1. The predicted molar refractivity (Wildman–Crippen MR) is 145 cm³/mol. The van der Waals surface area contributed by atoms with E-state index in [9.17, 15) is 23.1 Å². The minimum absolute atomic E-state index is 0.0454. The van der Waals surface area contributed by atoms with Crippen molar-refractivity contribution in [1.29, 1.82) is 0 Å². The van der Waals surface area contributed by atoms with Crippen LogP contribution >= 0.6 is 0 Å². The molecule has 0 fully saturated rings. The van der Waals surface area contributed by atoms with Crippen LogP contribution < -0.4 is 14.8 Å². The number of carbonyl (C=O) groups is 2. The summed E-state index contributed by atoms with van der Waals surface area (Å²) >= 11 is 0. The van der Waals surface area contributed by atoms with Gasteiger partial charge in [0.2, 0.25) is 21.8 Å². The highest BCUT2D eigenvalue weighted by molar-refractivity contribution is 7.89. The third-order valence-corrected chi connectivity index (χ3v) is 7.45. The van der Waals surface area contributed by atoms with Gasteiger partial charge in [-0.2, -0.15) is 9.78 Å². The van der Waals surface area contributed by atoms with Crippen LogP contribution in [0.25, 0.3) is 5.69 Å². The van der Waals surface area contributed by atoms with Crippen molar-refractivity contribution in [2.24, 2.45) is 5.92 Å². The zero-order valence-electron chi connectivity index (χ0n) is 22.4. The Labute approximate surface area is 223 Å². The van der Waals surface area contributed by atoms with Crippen molar-refractivity contribution in [1.82, 2.24) is 14.5 Å².